The molecule has 0 heterocycles. The van der Waals surface area contributed by atoms with Gasteiger partial charge in [0.25, 0.3) is 0 Å². The van der Waals surface area contributed by atoms with Crippen LogP contribution in [-0.4, -0.2) is 28.3 Å². The highest BCUT2D eigenvalue weighted by molar-refractivity contribution is 8.35. The zero-order valence-corrected chi connectivity index (χ0v) is 10.8. The van der Waals surface area contributed by atoms with E-state index in [9.17, 15) is 0 Å². The first-order chi connectivity index (χ1) is 5.89. The van der Waals surface area contributed by atoms with Crippen LogP contribution in [0.3, 0.4) is 0 Å². The molecule has 0 aromatic carbocycles. The molecule has 0 saturated heterocycles. The number of rotatable bonds is 5. The van der Waals surface area contributed by atoms with E-state index in [1.54, 1.807) is 0 Å². The standard InChI is InChI=1S/C11H25NS/c1-9(2)13(8-12-7,10(3)4)11(5)6/h9-11H,7-8H2,1-6H3. The Labute approximate surface area is 85.3 Å². The maximum Gasteiger partial charge on any atom is 0.0692 e. The van der Waals surface area contributed by atoms with Crippen LogP contribution in [0.2, 0.25) is 0 Å². The van der Waals surface area contributed by atoms with Gasteiger partial charge >= 0.3 is 0 Å². The van der Waals surface area contributed by atoms with E-state index in [0.717, 1.165) is 21.6 Å². The van der Waals surface area contributed by atoms with Gasteiger partial charge in [0.05, 0.1) is 5.88 Å². The fraction of sp³-hybridized carbons (Fsp3) is 0.909. The van der Waals surface area contributed by atoms with Gasteiger partial charge in [0.2, 0.25) is 0 Å². The first kappa shape index (κ1) is 13.0. The quantitative estimate of drug-likeness (QED) is 0.605. The molecule has 80 valence electrons. The Morgan fingerprint density at radius 2 is 1.23 bits per heavy atom. The molecule has 0 rings (SSSR count). The van der Waals surface area contributed by atoms with E-state index in [2.05, 4.69) is 53.3 Å². The summed E-state index contributed by atoms with van der Waals surface area (Å²) in [5.41, 5.74) is 0. The first-order valence-electron chi connectivity index (χ1n) is 5.09. The van der Waals surface area contributed by atoms with E-state index < -0.39 is 10.0 Å². The zero-order chi connectivity index (χ0) is 10.6. The van der Waals surface area contributed by atoms with Crippen molar-refractivity contribution in [3.8, 4) is 0 Å². The topological polar surface area (TPSA) is 12.4 Å². The average Bonchev–Trinajstić information content (AvgIpc) is 1.97. The van der Waals surface area contributed by atoms with E-state index >= 15 is 0 Å². The molecule has 0 aromatic heterocycles. The van der Waals surface area contributed by atoms with Crippen LogP contribution in [0.25, 0.3) is 0 Å². The van der Waals surface area contributed by atoms with Crippen LogP contribution in [0, 0.1) is 0 Å². The second-order valence-corrected chi connectivity index (χ2v) is 9.31. The van der Waals surface area contributed by atoms with Gasteiger partial charge in [-0.15, -0.1) is 0 Å². The van der Waals surface area contributed by atoms with E-state index in [4.69, 9.17) is 0 Å². The molecule has 0 fully saturated rings. The lowest BCUT2D eigenvalue weighted by Crippen LogP contribution is -2.30. The summed E-state index contributed by atoms with van der Waals surface area (Å²) in [5, 5.41) is 2.24. The molecule has 0 N–H and O–H groups in total. The average molecular weight is 203 g/mol. The maximum atomic E-state index is 4.16. The minimum atomic E-state index is -0.626. The van der Waals surface area contributed by atoms with Gasteiger partial charge < -0.3 is 0 Å². The van der Waals surface area contributed by atoms with Crippen molar-refractivity contribution in [1.29, 1.82) is 0 Å². The van der Waals surface area contributed by atoms with Gasteiger partial charge in [-0.25, -0.2) is 10.0 Å². The number of hydrogen-bond acceptors (Lipinski definition) is 1. The summed E-state index contributed by atoms with van der Waals surface area (Å²) in [6, 6.07) is 0. The summed E-state index contributed by atoms with van der Waals surface area (Å²) in [6.45, 7) is 17.7. The smallest absolute Gasteiger partial charge is 0.0692 e. The largest absolute Gasteiger partial charge is 0.292 e. The Morgan fingerprint density at radius 3 is 1.31 bits per heavy atom. The molecule has 0 aromatic rings. The van der Waals surface area contributed by atoms with E-state index in [0.29, 0.717) is 0 Å². The minimum Gasteiger partial charge on any atom is -0.292 e. The highest BCUT2D eigenvalue weighted by Gasteiger charge is 2.33. The summed E-state index contributed by atoms with van der Waals surface area (Å²) in [6.07, 6.45) is 0. The molecule has 0 saturated carbocycles. The fourth-order valence-electron chi connectivity index (χ4n) is 2.24. The molecule has 0 amide bonds. The molecule has 0 aliphatic heterocycles. The molecule has 0 unspecified atom stereocenters. The van der Waals surface area contributed by atoms with Gasteiger partial charge in [0.1, 0.15) is 0 Å². The lowest BCUT2D eigenvalue weighted by atomic mass is 10.5. The normalized spacial score (nSPS) is 14.2. The van der Waals surface area contributed by atoms with Gasteiger partial charge in [-0.3, -0.25) is 4.99 Å². The van der Waals surface area contributed by atoms with Gasteiger partial charge in [-0.05, 0) is 22.5 Å². The Kier molecular flexibility index (Phi) is 5.05. The van der Waals surface area contributed by atoms with Crippen molar-refractivity contribution in [2.75, 3.05) is 5.88 Å². The lowest BCUT2D eigenvalue weighted by Gasteiger charge is -2.50. The summed E-state index contributed by atoms with van der Waals surface area (Å²) in [5.74, 6) is 0.972. The molecular weight excluding hydrogens is 178 g/mol. The van der Waals surface area contributed by atoms with E-state index in [1.807, 2.05) is 0 Å². The number of aliphatic imine (C=N–C) groups is 1. The van der Waals surface area contributed by atoms with Crippen LogP contribution in [0.5, 0.6) is 0 Å². The highest BCUT2D eigenvalue weighted by Crippen LogP contribution is 2.60. The third kappa shape index (κ3) is 2.49. The van der Waals surface area contributed by atoms with Crippen molar-refractivity contribution < 1.29 is 0 Å². The molecule has 0 spiro atoms. The van der Waals surface area contributed by atoms with Crippen molar-refractivity contribution >= 4 is 16.7 Å². The van der Waals surface area contributed by atoms with Crippen LogP contribution in [0.4, 0.5) is 0 Å². The molecule has 0 atom stereocenters. The third-order valence-electron chi connectivity index (χ3n) is 2.95. The van der Waals surface area contributed by atoms with Crippen molar-refractivity contribution in [3.63, 3.8) is 0 Å². The highest BCUT2D eigenvalue weighted by atomic mass is 32.3. The van der Waals surface area contributed by atoms with Crippen LogP contribution >= 0.6 is 10.0 Å². The zero-order valence-electron chi connectivity index (χ0n) is 10.0. The fourth-order valence-corrected chi connectivity index (χ4v) is 6.71. The lowest BCUT2D eigenvalue weighted by molar-refractivity contribution is 0.935. The molecule has 0 bridgehead atoms. The maximum absolute atomic E-state index is 4.16. The second-order valence-electron chi connectivity index (χ2n) is 4.41. The van der Waals surface area contributed by atoms with Crippen LogP contribution in [0.1, 0.15) is 41.5 Å². The number of nitrogens with zero attached hydrogens (tertiary/aromatic N) is 1. The van der Waals surface area contributed by atoms with Crippen LogP contribution < -0.4 is 0 Å². The molecular formula is C11H25NS. The summed E-state index contributed by atoms with van der Waals surface area (Å²) in [7, 11) is -0.626. The molecule has 1 nitrogen and oxygen atoms in total. The van der Waals surface area contributed by atoms with Crippen molar-refractivity contribution in [2.24, 2.45) is 4.99 Å². The van der Waals surface area contributed by atoms with Gasteiger partial charge in [-0.1, -0.05) is 41.5 Å². The van der Waals surface area contributed by atoms with Crippen molar-refractivity contribution in [3.05, 3.63) is 0 Å². The first-order valence-corrected chi connectivity index (χ1v) is 7.08. The van der Waals surface area contributed by atoms with Crippen molar-refractivity contribution in [1.82, 2.24) is 0 Å². The van der Waals surface area contributed by atoms with Gasteiger partial charge in [0.15, 0.2) is 0 Å². The second kappa shape index (κ2) is 5.04. The summed E-state index contributed by atoms with van der Waals surface area (Å²) >= 11 is 0. The summed E-state index contributed by atoms with van der Waals surface area (Å²) in [4.78, 5) is 4.16. The van der Waals surface area contributed by atoms with E-state index in [-0.39, 0.29) is 0 Å². The van der Waals surface area contributed by atoms with Crippen molar-refractivity contribution in [2.45, 2.75) is 57.3 Å². The molecule has 0 radical (unpaired) electrons. The molecule has 0 aliphatic rings. The van der Waals surface area contributed by atoms with E-state index in [1.165, 1.54) is 0 Å². The SMILES string of the molecule is C=NCS(C(C)C)(C(C)C)C(C)C. The Bertz CT molecular complexity index is 140. The molecule has 13 heavy (non-hydrogen) atoms. The minimum absolute atomic E-state index is 0.626. The predicted molar refractivity (Wildman–Crippen MR) is 67.4 cm³/mol. The molecule has 2 heteroatoms. The molecule has 0 aliphatic carbocycles. The van der Waals surface area contributed by atoms with Gasteiger partial charge in [0, 0.05) is 0 Å². The Balaban J connectivity index is 4.92. The number of hydrogen-bond donors (Lipinski definition) is 0. The summed E-state index contributed by atoms with van der Waals surface area (Å²) < 4.78 is 0. The van der Waals surface area contributed by atoms with Crippen LogP contribution in [0.15, 0.2) is 4.99 Å². The predicted octanol–water partition coefficient (Wildman–Crippen LogP) is 3.67. The van der Waals surface area contributed by atoms with Gasteiger partial charge in [-0.2, -0.15) is 0 Å². The third-order valence-corrected chi connectivity index (χ3v) is 8.84. The Morgan fingerprint density at radius 1 is 0.923 bits per heavy atom. The Hall–Kier alpha value is 0.0200. The monoisotopic (exact) mass is 203 g/mol. The van der Waals surface area contributed by atoms with Crippen LogP contribution in [-0.2, 0) is 0 Å².